The molecule has 0 saturated heterocycles. The largest absolute Gasteiger partial charge is 0.378 e. The van der Waals surface area contributed by atoms with E-state index in [0.29, 0.717) is 13.1 Å². The first kappa shape index (κ1) is 27.8. The van der Waals surface area contributed by atoms with Crippen molar-refractivity contribution in [3.63, 3.8) is 0 Å². The zero-order chi connectivity index (χ0) is 20.9. The van der Waals surface area contributed by atoms with Crippen molar-refractivity contribution in [1.29, 1.82) is 0 Å². The number of hydrogen-bond acceptors (Lipinski definition) is 4. The highest BCUT2D eigenvalue weighted by Gasteiger charge is 2.21. The molecule has 0 spiro atoms. The van der Waals surface area contributed by atoms with Gasteiger partial charge < -0.3 is 15.9 Å². The first-order chi connectivity index (χ1) is 13.7. The molecule has 0 aliphatic rings. The Morgan fingerprint density at radius 3 is 1.21 bits per heavy atom. The molecule has 0 bridgehead atoms. The number of aliphatic hydroxyl groups excluding tert-OH is 2. The predicted molar refractivity (Wildman–Crippen MR) is 122 cm³/mol. The Bertz CT molecular complexity index is 276. The van der Waals surface area contributed by atoms with Crippen LogP contribution in [-0.2, 0) is 0 Å². The van der Waals surface area contributed by atoms with Crippen LogP contribution in [0, 0.1) is 0 Å². The van der Waals surface area contributed by atoms with Crippen LogP contribution in [-0.4, -0.2) is 40.7 Å². The summed E-state index contributed by atoms with van der Waals surface area (Å²) in [5, 5.41) is 21.0. The second-order valence-corrected chi connectivity index (χ2v) is 8.51. The molecule has 0 aromatic heterocycles. The van der Waals surface area contributed by atoms with Gasteiger partial charge in [0.1, 0.15) is 12.5 Å². The van der Waals surface area contributed by atoms with Crippen LogP contribution in [0.2, 0.25) is 0 Å². The molecule has 0 aliphatic carbocycles. The third-order valence-electron chi connectivity index (χ3n) is 5.78. The zero-order valence-corrected chi connectivity index (χ0v) is 19.2. The smallest absolute Gasteiger partial charge is 0.109 e. The summed E-state index contributed by atoms with van der Waals surface area (Å²) in [4.78, 5) is 1.81. The highest BCUT2D eigenvalue weighted by Crippen LogP contribution is 2.16. The molecule has 0 fully saturated rings. The molecule has 0 aliphatic heterocycles. The average molecular weight is 401 g/mol. The van der Waals surface area contributed by atoms with Gasteiger partial charge in [-0.05, 0) is 25.7 Å². The maximum atomic E-state index is 10.5. The Morgan fingerprint density at radius 2 is 0.893 bits per heavy atom. The fraction of sp³-hybridized carbons (Fsp3) is 1.00. The van der Waals surface area contributed by atoms with E-state index >= 15 is 0 Å². The number of aliphatic hydroxyl groups is 2. The summed E-state index contributed by atoms with van der Waals surface area (Å²) >= 11 is 0. The first-order valence-electron chi connectivity index (χ1n) is 12.5. The van der Waals surface area contributed by atoms with E-state index in [1.165, 1.54) is 89.9 Å². The van der Waals surface area contributed by atoms with Crippen molar-refractivity contribution in [3.05, 3.63) is 0 Å². The third kappa shape index (κ3) is 16.8. The molecule has 0 heterocycles. The molecule has 0 saturated carbocycles. The minimum absolute atomic E-state index is 0.475. The van der Waals surface area contributed by atoms with Crippen LogP contribution in [0.5, 0.6) is 0 Å². The molecule has 4 nitrogen and oxygen atoms in total. The lowest BCUT2D eigenvalue weighted by atomic mass is 10.1. The molecule has 2 unspecified atom stereocenters. The van der Waals surface area contributed by atoms with Gasteiger partial charge in [0.2, 0.25) is 0 Å². The summed E-state index contributed by atoms with van der Waals surface area (Å²) in [6.45, 7) is 5.54. The molecule has 28 heavy (non-hydrogen) atoms. The van der Waals surface area contributed by atoms with Gasteiger partial charge in [-0.1, -0.05) is 104 Å². The lowest BCUT2D eigenvalue weighted by molar-refractivity contribution is -0.107. The van der Waals surface area contributed by atoms with Crippen LogP contribution in [0.1, 0.15) is 129 Å². The summed E-state index contributed by atoms with van der Waals surface area (Å²) in [6.07, 6.45) is 20.6. The number of hydrogen-bond donors (Lipinski definition) is 3. The van der Waals surface area contributed by atoms with E-state index < -0.39 is 12.5 Å². The average Bonchev–Trinajstić information content (AvgIpc) is 2.69. The molecule has 170 valence electrons. The van der Waals surface area contributed by atoms with Crippen LogP contribution < -0.4 is 5.73 Å². The Hall–Kier alpha value is -0.160. The molecule has 4 N–H and O–H groups in total. The van der Waals surface area contributed by atoms with Gasteiger partial charge in [0, 0.05) is 13.1 Å². The Morgan fingerprint density at radius 1 is 0.571 bits per heavy atom. The Labute approximate surface area is 176 Å². The summed E-state index contributed by atoms with van der Waals surface area (Å²) in [5.41, 5.74) is 5.71. The second kappa shape index (κ2) is 21.5. The highest BCUT2D eigenvalue weighted by atomic mass is 16.3. The molecule has 0 aromatic carbocycles. The van der Waals surface area contributed by atoms with Crippen molar-refractivity contribution in [2.75, 3.05) is 13.1 Å². The van der Waals surface area contributed by atoms with E-state index in [0.717, 1.165) is 25.7 Å². The predicted octanol–water partition coefficient (Wildman–Crippen LogP) is 5.95. The molecule has 0 radical (unpaired) electrons. The van der Waals surface area contributed by atoms with E-state index in [1.54, 1.807) is 0 Å². The molecule has 2 atom stereocenters. The third-order valence-corrected chi connectivity index (χ3v) is 5.78. The lowest BCUT2D eigenvalue weighted by Crippen LogP contribution is -2.45. The minimum atomic E-state index is -0.562. The van der Waals surface area contributed by atoms with Gasteiger partial charge in [0.25, 0.3) is 0 Å². The van der Waals surface area contributed by atoms with Gasteiger partial charge in [0.15, 0.2) is 0 Å². The van der Waals surface area contributed by atoms with Crippen molar-refractivity contribution >= 4 is 0 Å². The van der Waals surface area contributed by atoms with Crippen LogP contribution in [0.15, 0.2) is 0 Å². The zero-order valence-electron chi connectivity index (χ0n) is 19.2. The van der Waals surface area contributed by atoms with Gasteiger partial charge >= 0.3 is 0 Å². The van der Waals surface area contributed by atoms with Crippen molar-refractivity contribution in [1.82, 2.24) is 4.90 Å². The Kier molecular flexibility index (Phi) is 21.4. The van der Waals surface area contributed by atoms with E-state index in [4.69, 9.17) is 5.73 Å². The van der Waals surface area contributed by atoms with Crippen LogP contribution in [0.25, 0.3) is 0 Å². The van der Waals surface area contributed by atoms with Crippen LogP contribution >= 0.6 is 0 Å². The van der Waals surface area contributed by atoms with Crippen molar-refractivity contribution < 1.29 is 10.2 Å². The first-order valence-corrected chi connectivity index (χ1v) is 12.5. The van der Waals surface area contributed by atoms with Crippen LogP contribution in [0.3, 0.4) is 0 Å². The normalized spacial score (nSPS) is 13.9. The molecule has 0 rings (SSSR count). The fourth-order valence-corrected chi connectivity index (χ4v) is 3.90. The Balaban J connectivity index is 3.83. The van der Waals surface area contributed by atoms with Gasteiger partial charge in [-0.3, -0.25) is 4.90 Å². The van der Waals surface area contributed by atoms with Crippen molar-refractivity contribution in [2.24, 2.45) is 5.73 Å². The standard InChI is InChI=1S/C24H52N2O2/c1-3-5-7-9-11-13-15-17-19-23(27)26(22-21-25)24(28)20-18-16-14-12-10-8-6-4-2/h23-24,27-28H,3-22,25H2,1-2H3. The van der Waals surface area contributed by atoms with E-state index in [1.807, 2.05) is 4.90 Å². The molecular weight excluding hydrogens is 348 g/mol. The number of nitrogens with zero attached hydrogens (tertiary/aromatic N) is 1. The summed E-state index contributed by atoms with van der Waals surface area (Å²) in [7, 11) is 0. The minimum Gasteiger partial charge on any atom is -0.378 e. The molecule has 0 aromatic rings. The number of nitrogens with two attached hydrogens (primary N) is 1. The summed E-state index contributed by atoms with van der Waals surface area (Å²) in [6, 6.07) is 0. The molecule has 4 heteroatoms. The monoisotopic (exact) mass is 400 g/mol. The van der Waals surface area contributed by atoms with Crippen molar-refractivity contribution in [2.45, 2.75) is 142 Å². The molecule has 0 amide bonds. The van der Waals surface area contributed by atoms with Gasteiger partial charge in [-0.2, -0.15) is 0 Å². The fourth-order valence-electron chi connectivity index (χ4n) is 3.90. The van der Waals surface area contributed by atoms with E-state index in [2.05, 4.69) is 13.8 Å². The quantitative estimate of drug-likeness (QED) is 0.155. The van der Waals surface area contributed by atoms with E-state index in [9.17, 15) is 10.2 Å². The SMILES string of the molecule is CCCCCCCCCCC(O)N(CCN)C(O)CCCCCCCCCC. The van der Waals surface area contributed by atoms with Crippen LogP contribution in [0.4, 0.5) is 0 Å². The number of unbranched alkanes of at least 4 members (excludes halogenated alkanes) is 14. The molecular formula is C24H52N2O2. The highest BCUT2D eigenvalue weighted by molar-refractivity contribution is 4.67. The summed E-state index contributed by atoms with van der Waals surface area (Å²) in [5.74, 6) is 0. The van der Waals surface area contributed by atoms with E-state index in [-0.39, 0.29) is 0 Å². The lowest BCUT2D eigenvalue weighted by Gasteiger charge is -2.32. The summed E-state index contributed by atoms with van der Waals surface area (Å²) < 4.78 is 0. The second-order valence-electron chi connectivity index (χ2n) is 8.51. The number of rotatable bonds is 22. The maximum Gasteiger partial charge on any atom is 0.109 e. The van der Waals surface area contributed by atoms with Gasteiger partial charge in [0.05, 0.1) is 0 Å². The van der Waals surface area contributed by atoms with Gasteiger partial charge in [-0.15, -0.1) is 0 Å². The van der Waals surface area contributed by atoms with Crippen molar-refractivity contribution in [3.8, 4) is 0 Å². The maximum absolute atomic E-state index is 10.5. The topological polar surface area (TPSA) is 69.7 Å². The van der Waals surface area contributed by atoms with Gasteiger partial charge in [-0.25, -0.2) is 0 Å².